The first-order valence-electron chi connectivity index (χ1n) is 5.19. The Morgan fingerprint density at radius 3 is 2.13 bits per heavy atom. The van der Waals surface area contributed by atoms with Crippen molar-refractivity contribution in [2.75, 3.05) is 31.6 Å². The Balaban J connectivity index is 3.89. The Morgan fingerprint density at radius 1 is 1.20 bits per heavy atom. The van der Waals surface area contributed by atoms with Gasteiger partial charge in [0, 0.05) is 25.9 Å². The zero-order chi connectivity index (χ0) is 11.7. The van der Waals surface area contributed by atoms with Crippen LogP contribution in [0.1, 0.15) is 20.3 Å². The lowest BCUT2D eigenvalue weighted by Gasteiger charge is -2.08. The fraction of sp³-hybridized carbons (Fsp3) is 0.889. The molecule has 0 rings (SSSR count). The smallest absolute Gasteiger partial charge is 0.191 e. The third-order valence-electron chi connectivity index (χ3n) is 1.63. The van der Waals surface area contributed by atoms with Crippen LogP contribution in [0.15, 0.2) is 4.99 Å². The van der Waals surface area contributed by atoms with Crippen molar-refractivity contribution >= 4 is 15.8 Å². The minimum Gasteiger partial charge on any atom is -0.357 e. The summed E-state index contributed by atoms with van der Waals surface area (Å²) in [5.41, 5.74) is 0. The summed E-state index contributed by atoms with van der Waals surface area (Å²) < 4.78 is 21.7. The van der Waals surface area contributed by atoms with Gasteiger partial charge in [0.1, 0.15) is 9.84 Å². The molecule has 0 aromatic rings. The molecule has 0 spiro atoms. The second-order valence-corrected chi connectivity index (χ2v) is 5.53. The van der Waals surface area contributed by atoms with E-state index in [9.17, 15) is 8.42 Å². The van der Waals surface area contributed by atoms with Crippen LogP contribution in [0.2, 0.25) is 0 Å². The number of guanidine groups is 1. The first-order valence-corrected chi connectivity index (χ1v) is 7.25. The number of sulfone groups is 1. The molecule has 0 heterocycles. The summed E-state index contributed by atoms with van der Waals surface area (Å²) in [4.78, 5) is 4.24. The minimum atomic E-state index is -2.86. The minimum absolute atomic E-state index is 0.196. The van der Waals surface area contributed by atoms with Crippen LogP contribution >= 0.6 is 0 Å². The third kappa shape index (κ3) is 9.52. The molecule has 0 aliphatic rings. The van der Waals surface area contributed by atoms with Crippen molar-refractivity contribution in [3.05, 3.63) is 0 Å². The third-order valence-corrected chi connectivity index (χ3v) is 2.66. The number of nitrogens with zero attached hydrogens (tertiary/aromatic N) is 1. The van der Waals surface area contributed by atoms with Gasteiger partial charge in [-0.15, -0.1) is 0 Å². The standard InChI is InChI=1S/C9H21N3O2S/c1-4-10-9(11-5-2)12-7-6-8-15(3,13)14/h4-8H2,1-3H3,(H2,10,11,12). The van der Waals surface area contributed by atoms with E-state index in [0.717, 1.165) is 19.0 Å². The van der Waals surface area contributed by atoms with Crippen LogP contribution in [0, 0.1) is 0 Å². The molecule has 0 aliphatic carbocycles. The van der Waals surface area contributed by atoms with Crippen LogP contribution in [0.25, 0.3) is 0 Å². The molecular formula is C9H21N3O2S. The van der Waals surface area contributed by atoms with Crippen LogP contribution in [-0.4, -0.2) is 46.0 Å². The van der Waals surface area contributed by atoms with Gasteiger partial charge in [-0.2, -0.15) is 0 Å². The van der Waals surface area contributed by atoms with E-state index in [1.807, 2.05) is 13.8 Å². The van der Waals surface area contributed by atoms with Gasteiger partial charge in [0.05, 0.1) is 5.75 Å². The quantitative estimate of drug-likeness (QED) is 0.386. The Morgan fingerprint density at radius 2 is 1.73 bits per heavy atom. The summed E-state index contributed by atoms with van der Waals surface area (Å²) in [6, 6.07) is 0. The van der Waals surface area contributed by atoms with Crippen molar-refractivity contribution < 1.29 is 8.42 Å². The summed E-state index contributed by atoms with van der Waals surface area (Å²) in [5.74, 6) is 0.940. The van der Waals surface area contributed by atoms with Gasteiger partial charge in [-0.25, -0.2) is 8.42 Å². The average Bonchev–Trinajstić information content (AvgIpc) is 2.11. The average molecular weight is 235 g/mol. The maximum Gasteiger partial charge on any atom is 0.191 e. The SMILES string of the molecule is CCNC(=NCCCS(C)(=O)=O)NCC. The second kappa shape index (κ2) is 7.50. The fourth-order valence-corrected chi connectivity index (χ4v) is 1.68. The Bertz CT molecular complexity index is 278. The van der Waals surface area contributed by atoms with Gasteiger partial charge in [-0.05, 0) is 20.3 Å². The first kappa shape index (κ1) is 14.2. The van der Waals surface area contributed by atoms with Gasteiger partial charge >= 0.3 is 0 Å². The highest BCUT2D eigenvalue weighted by Crippen LogP contribution is 1.89. The van der Waals surface area contributed by atoms with E-state index >= 15 is 0 Å². The Hall–Kier alpha value is -0.780. The predicted molar refractivity (Wildman–Crippen MR) is 64.0 cm³/mol. The molecule has 0 aromatic heterocycles. The van der Waals surface area contributed by atoms with E-state index in [0.29, 0.717) is 13.0 Å². The summed E-state index contributed by atoms with van der Waals surface area (Å²) in [7, 11) is -2.86. The Kier molecular flexibility index (Phi) is 7.11. The molecule has 0 unspecified atom stereocenters. The molecule has 0 bridgehead atoms. The maximum atomic E-state index is 10.8. The van der Waals surface area contributed by atoms with Crippen molar-refractivity contribution in [2.24, 2.45) is 4.99 Å². The zero-order valence-corrected chi connectivity index (χ0v) is 10.5. The molecular weight excluding hydrogens is 214 g/mol. The van der Waals surface area contributed by atoms with Crippen LogP contribution in [0.3, 0.4) is 0 Å². The molecule has 0 saturated heterocycles. The van der Waals surface area contributed by atoms with Gasteiger partial charge in [-0.3, -0.25) is 4.99 Å². The van der Waals surface area contributed by atoms with Gasteiger partial charge in [-0.1, -0.05) is 0 Å². The normalized spacial score (nSPS) is 10.9. The van der Waals surface area contributed by atoms with Gasteiger partial charge in [0.25, 0.3) is 0 Å². The monoisotopic (exact) mass is 235 g/mol. The number of nitrogens with one attached hydrogen (secondary N) is 2. The number of aliphatic imine (C=N–C) groups is 1. The summed E-state index contributed by atoms with van der Waals surface area (Å²) in [6.07, 6.45) is 1.81. The second-order valence-electron chi connectivity index (χ2n) is 3.27. The van der Waals surface area contributed by atoms with Crippen molar-refractivity contribution in [2.45, 2.75) is 20.3 Å². The lowest BCUT2D eigenvalue weighted by atomic mass is 10.5. The lowest BCUT2D eigenvalue weighted by Crippen LogP contribution is -2.37. The Labute approximate surface area is 92.3 Å². The van der Waals surface area contributed by atoms with E-state index < -0.39 is 9.84 Å². The van der Waals surface area contributed by atoms with E-state index in [-0.39, 0.29) is 5.75 Å². The van der Waals surface area contributed by atoms with Gasteiger partial charge < -0.3 is 10.6 Å². The predicted octanol–water partition coefficient (Wildman–Crippen LogP) is -0.00390. The van der Waals surface area contributed by atoms with Crippen molar-refractivity contribution in [1.82, 2.24) is 10.6 Å². The molecule has 0 saturated carbocycles. The molecule has 15 heavy (non-hydrogen) atoms. The van der Waals surface area contributed by atoms with Gasteiger partial charge in [0.2, 0.25) is 0 Å². The van der Waals surface area contributed by atoms with Crippen LogP contribution in [-0.2, 0) is 9.84 Å². The molecule has 0 amide bonds. The molecule has 0 atom stereocenters. The summed E-state index contributed by atoms with van der Waals surface area (Å²) in [6.45, 7) is 6.12. The van der Waals surface area contributed by atoms with Gasteiger partial charge in [0.15, 0.2) is 5.96 Å². The van der Waals surface area contributed by atoms with Crippen molar-refractivity contribution in [1.29, 1.82) is 0 Å². The fourth-order valence-electron chi connectivity index (χ4n) is 1.03. The van der Waals surface area contributed by atoms with Crippen LogP contribution < -0.4 is 10.6 Å². The molecule has 0 aromatic carbocycles. The lowest BCUT2D eigenvalue weighted by molar-refractivity contribution is 0.599. The maximum absolute atomic E-state index is 10.8. The number of rotatable bonds is 6. The molecule has 6 heteroatoms. The highest BCUT2D eigenvalue weighted by atomic mass is 32.2. The van der Waals surface area contributed by atoms with Crippen molar-refractivity contribution in [3.8, 4) is 0 Å². The molecule has 2 N–H and O–H groups in total. The van der Waals surface area contributed by atoms with E-state index in [2.05, 4.69) is 15.6 Å². The summed E-state index contributed by atoms with van der Waals surface area (Å²) in [5, 5.41) is 6.14. The highest BCUT2D eigenvalue weighted by Gasteiger charge is 2.00. The largest absolute Gasteiger partial charge is 0.357 e. The highest BCUT2D eigenvalue weighted by molar-refractivity contribution is 7.90. The topological polar surface area (TPSA) is 70.6 Å². The first-order chi connectivity index (χ1) is 6.99. The van der Waals surface area contributed by atoms with E-state index in [4.69, 9.17) is 0 Å². The number of hydrogen-bond acceptors (Lipinski definition) is 3. The van der Waals surface area contributed by atoms with Crippen LogP contribution in [0.4, 0.5) is 0 Å². The van der Waals surface area contributed by atoms with Crippen LogP contribution in [0.5, 0.6) is 0 Å². The van der Waals surface area contributed by atoms with E-state index in [1.54, 1.807) is 0 Å². The molecule has 5 nitrogen and oxygen atoms in total. The number of hydrogen-bond donors (Lipinski definition) is 2. The summed E-state index contributed by atoms with van der Waals surface area (Å²) >= 11 is 0. The molecule has 0 fully saturated rings. The molecule has 0 radical (unpaired) electrons. The zero-order valence-electron chi connectivity index (χ0n) is 9.71. The van der Waals surface area contributed by atoms with E-state index in [1.165, 1.54) is 6.26 Å². The van der Waals surface area contributed by atoms with Crippen molar-refractivity contribution in [3.63, 3.8) is 0 Å². The molecule has 90 valence electrons. The molecule has 0 aliphatic heterocycles.